The third-order valence-electron chi connectivity index (χ3n) is 9.45. The molecule has 0 amide bonds. The molecular formula is C32H47ClO10. The molecule has 3 heterocycles. The van der Waals surface area contributed by atoms with Gasteiger partial charge >= 0.3 is 5.97 Å². The van der Waals surface area contributed by atoms with Crippen LogP contribution in [0.3, 0.4) is 0 Å². The Hall–Kier alpha value is -1.52. The average molecular weight is 627 g/mol. The van der Waals surface area contributed by atoms with Gasteiger partial charge in [0.1, 0.15) is 29.8 Å². The highest BCUT2D eigenvalue weighted by atomic mass is 35.5. The van der Waals surface area contributed by atoms with Crippen LogP contribution >= 0.6 is 11.6 Å². The predicted molar refractivity (Wildman–Crippen MR) is 157 cm³/mol. The Morgan fingerprint density at radius 3 is 2.44 bits per heavy atom. The lowest BCUT2D eigenvalue weighted by molar-refractivity contribution is -0.365. The number of hydrogen-bond donors (Lipinski definition) is 4. The van der Waals surface area contributed by atoms with Crippen molar-refractivity contribution < 1.29 is 48.9 Å². The molecule has 0 aromatic rings. The van der Waals surface area contributed by atoms with Crippen molar-refractivity contribution in [3.05, 3.63) is 23.8 Å². The summed E-state index contributed by atoms with van der Waals surface area (Å²) in [6.45, 7) is 10.2. The van der Waals surface area contributed by atoms with Crippen LogP contribution in [-0.2, 0) is 28.5 Å². The topological polar surface area (TPSA) is 144 Å². The fourth-order valence-electron chi connectivity index (χ4n) is 6.17. The van der Waals surface area contributed by atoms with Crippen molar-refractivity contribution in [2.75, 3.05) is 7.11 Å². The smallest absolute Gasteiger partial charge is 0.314 e. The van der Waals surface area contributed by atoms with E-state index >= 15 is 0 Å². The zero-order chi connectivity index (χ0) is 31.9. The van der Waals surface area contributed by atoms with Crippen LogP contribution in [0.4, 0.5) is 0 Å². The van der Waals surface area contributed by atoms with E-state index in [0.29, 0.717) is 6.42 Å². The minimum Gasteiger partial charge on any atom is -0.457 e. The lowest BCUT2D eigenvalue weighted by Gasteiger charge is -2.51. The van der Waals surface area contributed by atoms with E-state index < -0.39 is 72.3 Å². The van der Waals surface area contributed by atoms with E-state index in [0.717, 1.165) is 12.0 Å². The number of alkyl halides is 1. The quantitative estimate of drug-likeness (QED) is 0.159. The zero-order valence-electron chi connectivity index (χ0n) is 26.0. The van der Waals surface area contributed by atoms with Gasteiger partial charge in [0, 0.05) is 43.1 Å². The number of aliphatic hydroxyl groups is 4. The summed E-state index contributed by atoms with van der Waals surface area (Å²) in [6.07, 6.45) is -1.03. The van der Waals surface area contributed by atoms with E-state index in [1.807, 2.05) is 26.8 Å². The number of allylic oxidation sites excluding steroid dienone is 1. The van der Waals surface area contributed by atoms with E-state index in [1.165, 1.54) is 6.92 Å². The Morgan fingerprint density at radius 2 is 1.81 bits per heavy atom. The number of methoxy groups -OCH3 is 1. The molecule has 0 spiro atoms. The molecule has 4 N–H and O–H groups in total. The van der Waals surface area contributed by atoms with Crippen LogP contribution in [0.15, 0.2) is 23.8 Å². The number of cyclic esters (lactones) is 1. The lowest BCUT2D eigenvalue weighted by Crippen LogP contribution is -2.66. The Labute approximate surface area is 259 Å². The molecule has 3 aliphatic heterocycles. The summed E-state index contributed by atoms with van der Waals surface area (Å²) in [5, 5.41) is 44.0. The van der Waals surface area contributed by atoms with E-state index in [1.54, 1.807) is 33.1 Å². The Morgan fingerprint density at radius 1 is 1.14 bits per heavy atom. The number of aliphatic hydroxyl groups excluding tert-OH is 2. The maximum atomic E-state index is 13.5. The maximum Gasteiger partial charge on any atom is 0.314 e. The number of halogens is 1. The van der Waals surface area contributed by atoms with Crippen LogP contribution in [0.1, 0.15) is 60.8 Å². The first-order chi connectivity index (χ1) is 20.1. The standard InChI is InChI=1S/C32H47ClO10/c1-16-12-22(11-9-8-10-21-14-23(21)33)41-29(36)19(4)32(38)15-25(18(3)26(43-32)17(2)24(13-16)39-7)42-30-28(35)31(6,37)27(34)20(5)40-30/h9,11,13,17-28,30,34-35,37-38H,12,14-15H2,1-7H3/b11-9+,16-13+/t17-,18-,19-,20-,21+,22+,23+,24-,25+,26+,27-,28-,30-,31+,32+/m1/s1. The molecule has 15 atom stereocenters. The number of rotatable bonds is 4. The van der Waals surface area contributed by atoms with Crippen molar-refractivity contribution in [3.63, 3.8) is 0 Å². The van der Waals surface area contributed by atoms with Crippen LogP contribution in [0.5, 0.6) is 0 Å². The van der Waals surface area contributed by atoms with Crippen molar-refractivity contribution in [2.24, 2.45) is 23.7 Å². The molecule has 1 saturated carbocycles. The monoisotopic (exact) mass is 626 g/mol. The van der Waals surface area contributed by atoms with E-state index in [4.69, 9.17) is 35.3 Å². The first kappa shape index (κ1) is 34.4. The second-order valence-electron chi connectivity index (χ2n) is 13.0. The molecule has 0 aromatic heterocycles. The normalized spacial score (nSPS) is 50.4. The van der Waals surface area contributed by atoms with Gasteiger partial charge in [-0.25, -0.2) is 0 Å². The molecule has 10 nitrogen and oxygen atoms in total. The molecule has 43 heavy (non-hydrogen) atoms. The highest BCUT2D eigenvalue weighted by Gasteiger charge is 2.56. The molecule has 1 aliphatic carbocycles. The Bertz CT molecular complexity index is 1130. The Balaban J connectivity index is 1.64. The number of hydrogen-bond acceptors (Lipinski definition) is 10. The van der Waals surface area contributed by atoms with Gasteiger partial charge in [-0.05, 0) is 46.3 Å². The molecule has 0 aromatic carbocycles. The van der Waals surface area contributed by atoms with Gasteiger partial charge in [0.15, 0.2) is 12.1 Å². The summed E-state index contributed by atoms with van der Waals surface area (Å²) in [6, 6.07) is 0. The van der Waals surface area contributed by atoms with Gasteiger partial charge in [-0.2, -0.15) is 0 Å². The SMILES string of the molecule is CO[C@@H]1/C=C(\C)C[C@H](/C=C/C#C[C@H]2C[C@@H]2Cl)OC(=O)[C@@H](C)[C@]2(O)C[C@H](O[C@H]3O[C@H](C)[C@@H](O)[C@](C)(O)[C@@H]3O)[C@@H](C)[C@@H](O2)[C@@H]1C. The molecule has 3 fully saturated rings. The molecule has 2 saturated heterocycles. The largest absolute Gasteiger partial charge is 0.457 e. The first-order valence-corrected chi connectivity index (χ1v) is 15.5. The van der Waals surface area contributed by atoms with Crippen molar-refractivity contribution in [1.29, 1.82) is 0 Å². The zero-order valence-corrected chi connectivity index (χ0v) is 26.7. The Kier molecular flexibility index (Phi) is 10.7. The third kappa shape index (κ3) is 7.49. The first-order valence-electron chi connectivity index (χ1n) is 15.1. The fourth-order valence-corrected chi connectivity index (χ4v) is 6.43. The minimum absolute atomic E-state index is 0.0886. The number of esters is 1. The summed E-state index contributed by atoms with van der Waals surface area (Å²) in [5.41, 5.74) is -0.959. The van der Waals surface area contributed by atoms with Gasteiger partial charge in [-0.1, -0.05) is 37.3 Å². The van der Waals surface area contributed by atoms with Crippen molar-refractivity contribution in [2.45, 2.75) is 127 Å². The van der Waals surface area contributed by atoms with Crippen LogP contribution in [0, 0.1) is 35.5 Å². The van der Waals surface area contributed by atoms with Gasteiger partial charge in [0.25, 0.3) is 0 Å². The van der Waals surface area contributed by atoms with Crippen LogP contribution in [0.25, 0.3) is 0 Å². The van der Waals surface area contributed by atoms with Crippen molar-refractivity contribution >= 4 is 17.6 Å². The number of ether oxygens (including phenoxy) is 5. The summed E-state index contributed by atoms with van der Waals surface area (Å²) >= 11 is 6.04. The van der Waals surface area contributed by atoms with Gasteiger partial charge < -0.3 is 44.1 Å². The van der Waals surface area contributed by atoms with E-state index in [9.17, 15) is 25.2 Å². The molecule has 4 aliphatic rings. The van der Waals surface area contributed by atoms with Crippen LogP contribution < -0.4 is 0 Å². The summed E-state index contributed by atoms with van der Waals surface area (Å²) < 4.78 is 30.1. The summed E-state index contributed by atoms with van der Waals surface area (Å²) in [5.74, 6) is 1.83. The maximum absolute atomic E-state index is 13.5. The highest BCUT2D eigenvalue weighted by molar-refractivity contribution is 6.22. The van der Waals surface area contributed by atoms with Gasteiger partial charge in [-0.15, -0.1) is 11.6 Å². The van der Waals surface area contributed by atoms with E-state index in [2.05, 4.69) is 11.8 Å². The molecule has 242 valence electrons. The van der Waals surface area contributed by atoms with Crippen LogP contribution in [-0.4, -0.2) is 99.3 Å². The average Bonchev–Trinajstić information content (AvgIpc) is 3.66. The minimum atomic E-state index is -1.99. The van der Waals surface area contributed by atoms with Crippen molar-refractivity contribution in [1.82, 2.24) is 0 Å². The van der Waals surface area contributed by atoms with Crippen LogP contribution in [0.2, 0.25) is 0 Å². The summed E-state index contributed by atoms with van der Waals surface area (Å²) in [7, 11) is 1.60. The highest BCUT2D eigenvalue weighted by Crippen LogP contribution is 2.43. The third-order valence-corrected chi connectivity index (χ3v) is 9.93. The number of carbonyl (C=O) groups excluding carboxylic acids is 1. The molecular weight excluding hydrogens is 580 g/mol. The van der Waals surface area contributed by atoms with Crippen molar-refractivity contribution in [3.8, 4) is 11.8 Å². The second-order valence-corrected chi connectivity index (χ2v) is 13.5. The van der Waals surface area contributed by atoms with Gasteiger partial charge in [0.05, 0.1) is 24.4 Å². The predicted octanol–water partition coefficient (Wildman–Crippen LogP) is 2.44. The van der Waals surface area contributed by atoms with Gasteiger partial charge in [-0.3, -0.25) is 4.79 Å². The number of fused-ring (bicyclic) bond motifs is 2. The summed E-state index contributed by atoms with van der Waals surface area (Å²) in [4.78, 5) is 13.5. The second kappa shape index (κ2) is 13.5. The number of carbonyl (C=O) groups is 1. The fraction of sp³-hybridized carbons (Fsp3) is 0.781. The molecule has 2 bridgehead atoms. The molecule has 0 radical (unpaired) electrons. The molecule has 0 unspecified atom stereocenters. The molecule has 11 heteroatoms. The van der Waals surface area contributed by atoms with Gasteiger partial charge in [0.2, 0.25) is 0 Å². The lowest BCUT2D eigenvalue weighted by atomic mass is 9.77. The van der Waals surface area contributed by atoms with E-state index in [-0.39, 0.29) is 29.6 Å². The molecule has 4 rings (SSSR count).